The van der Waals surface area contributed by atoms with Gasteiger partial charge in [-0.25, -0.2) is 4.39 Å². The highest BCUT2D eigenvalue weighted by Gasteiger charge is 2.12. The lowest BCUT2D eigenvalue weighted by Gasteiger charge is -2.16. The van der Waals surface area contributed by atoms with E-state index in [0.29, 0.717) is 12.1 Å². The second kappa shape index (κ2) is 6.99. The molecular weight excluding hydrogens is 291 g/mol. The maximum atomic E-state index is 12.8. The minimum absolute atomic E-state index is 0.0852. The molecule has 0 bridgehead atoms. The van der Waals surface area contributed by atoms with Gasteiger partial charge in [-0.3, -0.25) is 9.59 Å². The SMILES string of the molecule is CN(Cc1cccs1)C(=O)CNC(=O)c1ccc(F)cc1. The molecule has 0 aliphatic rings. The number of hydrogen-bond acceptors (Lipinski definition) is 3. The summed E-state index contributed by atoms with van der Waals surface area (Å²) in [5, 5.41) is 4.48. The van der Waals surface area contributed by atoms with Crippen molar-refractivity contribution in [3.8, 4) is 0 Å². The van der Waals surface area contributed by atoms with Crippen molar-refractivity contribution in [1.82, 2.24) is 10.2 Å². The molecule has 2 rings (SSSR count). The molecule has 0 atom stereocenters. The fourth-order valence-electron chi connectivity index (χ4n) is 1.72. The fraction of sp³-hybridized carbons (Fsp3) is 0.200. The summed E-state index contributed by atoms with van der Waals surface area (Å²) in [6.07, 6.45) is 0. The molecule has 2 amide bonds. The van der Waals surface area contributed by atoms with Crippen LogP contribution in [0, 0.1) is 5.82 Å². The van der Waals surface area contributed by atoms with Crippen LogP contribution in [0.25, 0.3) is 0 Å². The Hall–Kier alpha value is -2.21. The summed E-state index contributed by atoms with van der Waals surface area (Å²) < 4.78 is 12.8. The molecule has 0 aliphatic carbocycles. The summed E-state index contributed by atoms with van der Waals surface area (Å²) in [5.41, 5.74) is 0.324. The molecule has 0 radical (unpaired) electrons. The Bertz CT molecular complexity index is 611. The second-order valence-corrected chi connectivity index (χ2v) is 5.55. The minimum atomic E-state index is -0.404. The van der Waals surface area contributed by atoms with Gasteiger partial charge in [-0.15, -0.1) is 11.3 Å². The first-order valence-corrected chi connectivity index (χ1v) is 7.24. The van der Waals surface area contributed by atoms with Crippen LogP contribution in [0.2, 0.25) is 0 Å². The van der Waals surface area contributed by atoms with Gasteiger partial charge in [-0.2, -0.15) is 0 Å². The van der Waals surface area contributed by atoms with Crippen LogP contribution < -0.4 is 5.32 Å². The number of rotatable bonds is 5. The molecule has 4 nitrogen and oxygen atoms in total. The molecule has 0 saturated heterocycles. The van der Waals surface area contributed by atoms with Gasteiger partial charge in [0.1, 0.15) is 5.82 Å². The van der Waals surface area contributed by atoms with Gasteiger partial charge < -0.3 is 10.2 Å². The average molecular weight is 306 g/mol. The number of thiophene rings is 1. The second-order valence-electron chi connectivity index (χ2n) is 4.52. The van der Waals surface area contributed by atoms with Crippen LogP contribution in [0.4, 0.5) is 4.39 Å². The fourth-order valence-corrected chi connectivity index (χ4v) is 2.48. The van der Waals surface area contributed by atoms with E-state index in [4.69, 9.17) is 0 Å². The summed E-state index contributed by atoms with van der Waals surface area (Å²) in [4.78, 5) is 26.3. The molecule has 1 aromatic carbocycles. The third-order valence-corrected chi connectivity index (χ3v) is 3.77. The van der Waals surface area contributed by atoms with Crippen molar-refractivity contribution in [3.05, 3.63) is 58.0 Å². The monoisotopic (exact) mass is 306 g/mol. The lowest BCUT2D eigenvalue weighted by molar-refractivity contribution is -0.129. The van der Waals surface area contributed by atoms with Crippen LogP contribution >= 0.6 is 11.3 Å². The number of amides is 2. The highest BCUT2D eigenvalue weighted by molar-refractivity contribution is 7.09. The Morgan fingerprint density at radius 1 is 1.24 bits per heavy atom. The van der Waals surface area contributed by atoms with Gasteiger partial charge in [-0.1, -0.05) is 6.07 Å². The van der Waals surface area contributed by atoms with E-state index in [0.717, 1.165) is 4.88 Å². The number of carbonyl (C=O) groups is 2. The van der Waals surface area contributed by atoms with E-state index < -0.39 is 11.7 Å². The Balaban J connectivity index is 1.83. The van der Waals surface area contributed by atoms with Gasteiger partial charge in [0.15, 0.2) is 0 Å². The lowest BCUT2D eigenvalue weighted by atomic mass is 10.2. The summed E-state index contributed by atoms with van der Waals surface area (Å²) in [7, 11) is 1.69. The first-order chi connectivity index (χ1) is 10.1. The zero-order valence-electron chi connectivity index (χ0n) is 11.5. The molecule has 1 aromatic heterocycles. The highest BCUT2D eigenvalue weighted by Crippen LogP contribution is 2.10. The van der Waals surface area contributed by atoms with E-state index in [2.05, 4.69) is 5.32 Å². The molecule has 2 aromatic rings. The number of halogens is 1. The van der Waals surface area contributed by atoms with Gasteiger partial charge in [0, 0.05) is 17.5 Å². The van der Waals surface area contributed by atoms with Crippen LogP contribution in [-0.2, 0) is 11.3 Å². The van der Waals surface area contributed by atoms with Gasteiger partial charge in [-0.05, 0) is 35.7 Å². The Kier molecular flexibility index (Phi) is 5.05. The summed E-state index contributed by atoms with van der Waals surface area (Å²) in [6, 6.07) is 9.05. The van der Waals surface area contributed by atoms with E-state index >= 15 is 0 Å². The molecule has 1 N–H and O–H groups in total. The van der Waals surface area contributed by atoms with Crippen molar-refractivity contribution in [2.75, 3.05) is 13.6 Å². The predicted octanol–water partition coefficient (Wildman–Crippen LogP) is 2.28. The molecule has 21 heavy (non-hydrogen) atoms. The summed E-state index contributed by atoms with van der Waals surface area (Å²) >= 11 is 1.57. The molecule has 6 heteroatoms. The van der Waals surface area contributed by atoms with E-state index in [1.807, 2.05) is 17.5 Å². The van der Waals surface area contributed by atoms with Crippen molar-refractivity contribution < 1.29 is 14.0 Å². The van der Waals surface area contributed by atoms with E-state index in [-0.39, 0.29) is 12.5 Å². The molecule has 0 fully saturated rings. The Labute approximate surface area is 126 Å². The van der Waals surface area contributed by atoms with Crippen molar-refractivity contribution in [2.24, 2.45) is 0 Å². The predicted molar refractivity (Wildman–Crippen MR) is 79.5 cm³/mol. The van der Waals surface area contributed by atoms with Crippen molar-refractivity contribution >= 4 is 23.2 Å². The van der Waals surface area contributed by atoms with E-state index in [1.165, 1.54) is 24.3 Å². The number of hydrogen-bond donors (Lipinski definition) is 1. The zero-order valence-corrected chi connectivity index (χ0v) is 12.3. The van der Waals surface area contributed by atoms with Crippen LogP contribution in [0.15, 0.2) is 41.8 Å². The lowest BCUT2D eigenvalue weighted by Crippen LogP contribution is -2.37. The van der Waals surface area contributed by atoms with Gasteiger partial charge in [0.2, 0.25) is 5.91 Å². The van der Waals surface area contributed by atoms with Crippen molar-refractivity contribution in [2.45, 2.75) is 6.54 Å². The van der Waals surface area contributed by atoms with Crippen LogP contribution in [0.3, 0.4) is 0 Å². The van der Waals surface area contributed by atoms with Gasteiger partial charge in [0.25, 0.3) is 5.91 Å². The normalized spacial score (nSPS) is 10.2. The van der Waals surface area contributed by atoms with E-state index in [9.17, 15) is 14.0 Å². The summed E-state index contributed by atoms with van der Waals surface area (Å²) in [6.45, 7) is 0.432. The standard InChI is InChI=1S/C15H15FN2O2S/c1-18(10-13-3-2-8-21-13)14(19)9-17-15(20)11-4-6-12(16)7-5-11/h2-8H,9-10H2,1H3,(H,17,20). The Morgan fingerprint density at radius 2 is 1.95 bits per heavy atom. The molecular formula is C15H15FN2O2S. The van der Waals surface area contributed by atoms with Crippen LogP contribution in [0.5, 0.6) is 0 Å². The number of likely N-dealkylation sites (N-methyl/N-ethyl adjacent to an activating group) is 1. The number of carbonyl (C=O) groups excluding carboxylic acids is 2. The van der Waals surface area contributed by atoms with Gasteiger partial charge in [0.05, 0.1) is 13.1 Å². The molecule has 0 unspecified atom stereocenters. The molecule has 0 saturated carbocycles. The third kappa shape index (κ3) is 4.39. The first kappa shape index (κ1) is 15.2. The number of benzene rings is 1. The average Bonchev–Trinajstić information content (AvgIpc) is 2.98. The molecule has 0 spiro atoms. The maximum Gasteiger partial charge on any atom is 0.251 e. The van der Waals surface area contributed by atoms with E-state index in [1.54, 1.807) is 23.3 Å². The maximum absolute atomic E-state index is 12.8. The Morgan fingerprint density at radius 3 is 2.57 bits per heavy atom. The molecule has 1 heterocycles. The number of nitrogens with zero attached hydrogens (tertiary/aromatic N) is 1. The zero-order chi connectivity index (χ0) is 15.2. The van der Waals surface area contributed by atoms with Crippen molar-refractivity contribution in [3.63, 3.8) is 0 Å². The largest absolute Gasteiger partial charge is 0.343 e. The van der Waals surface area contributed by atoms with Gasteiger partial charge >= 0.3 is 0 Å². The summed E-state index contributed by atoms with van der Waals surface area (Å²) in [5.74, 6) is -0.981. The highest BCUT2D eigenvalue weighted by atomic mass is 32.1. The molecule has 0 aliphatic heterocycles. The van der Waals surface area contributed by atoms with Crippen LogP contribution in [-0.4, -0.2) is 30.3 Å². The topological polar surface area (TPSA) is 49.4 Å². The number of nitrogens with one attached hydrogen (secondary N) is 1. The smallest absolute Gasteiger partial charge is 0.251 e. The minimum Gasteiger partial charge on any atom is -0.343 e. The van der Waals surface area contributed by atoms with Crippen LogP contribution in [0.1, 0.15) is 15.2 Å². The third-order valence-electron chi connectivity index (χ3n) is 2.91. The first-order valence-electron chi connectivity index (χ1n) is 6.36. The van der Waals surface area contributed by atoms with Crippen molar-refractivity contribution in [1.29, 1.82) is 0 Å². The molecule has 110 valence electrons. The quantitative estimate of drug-likeness (QED) is 0.921.